The summed E-state index contributed by atoms with van der Waals surface area (Å²) in [5.41, 5.74) is 0. The van der Waals surface area contributed by atoms with Crippen LogP contribution in [0.3, 0.4) is 0 Å². The van der Waals surface area contributed by atoms with Gasteiger partial charge in [-0.15, -0.1) is 11.8 Å². The van der Waals surface area contributed by atoms with Crippen molar-refractivity contribution >= 4 is 17.7 Å². The lowest BCUT2D eigenvalue weighted by molar-refractivity contribution is -0.134. The smallest absolute Gasteiger partial charge is 0.236 e. The van der Waals surface area contributed by atoms with Gasteiger partial charge in [-0.2, -0.15) is 0 Å². The molecule has 2 rings (SSSR count). The Kier molecular flexibility index (Phi) is 5.35. The van der Waals surface area contributed by atoms with E-state index in [1.54, 1.807) is 23.9 Å². The molecule has 1 aliphatic heterocycles. The Hall–Kier alpha value is -1.16. The van der Waals surface area contributed by atoms with Gasteiger partial charge in [-0.05, 0) is 56.9 Å². The number of amides is 1. The van der Waals surface area contributed by atoms with Gasteiger partial charge < -0.3 is 10.0 Å². The minimum absolute atomic E-state index is 0.0771. The summed E-state index contributed by atoms with van der Waals surface area (Å²) in [7, 11) is 0. The van der Waals surface area contributed by atoms with Gasteiger partial charge in [-0.3, -0.25) is 4.79 Å². The third-order valence-corrected chi connectivity index (χ3v) is 4.98. The maximum absolute atomic E-state index is 12.6. The molecule has 1 N–H and O–H groups in total. The van der Waals surface area contributed by atoms with Crippen LogP contribution in [0.4, 0.5) is 0 Å². The molecule has 1 saturated heterocycles. The lowest BCUT2D eigenvalue weighted by Gasteiger charge is -2.36. The van der Waals surface area contributed by atoms with Crippen LogP contribution in [-0.4, -0.2) is 33.8 Å². The zero-order valence-electron chi connectivity index (χ0n) is 12.2. The zero-order chi connectivity index (χ0) is 14.5. The molecule has 1 amide bonds. The predicted molar refractivity (Wildman–Crippen MR) is 83.1 cm³/mol. The second-order valence-corrected chi connectivity index (χ2v) is 6.76. The number of thioether (sulfide) groups is 1. The third kappa shape index (κ3) is 3.69. The van der Waals surface area contributed by atoms with Crippen LogP contribution in [0.1, 0.15) is 39.5 Å². The monoisotopic (exact) mass is 293 g/mol. The third-order valence-electron chi connectivity index (χ3n) is 3.88. The van der Waals surface area contributed by atoms with Crippen molar-refractivity contribution in [3.05, 3.63) is 24.3 Å². The van der Waals surface area contributed by atoms with Gasteiger partial charge in [0.2, 0.25) is 5.91 Å². The minimum atomic E-state index is -0.0771. The SMILES string of the molecule is CCC1CCCCN1C(=O)C(C)Sc1ccc(O)cc1. The summed E-state index contributed by atoms with van der Waals surface area (Å²) in [4.78, 5) is 15.7. The molecule has 1 aromatic carbocycles. The van der Waals surface area contributed by atoms with Crippen LogP contribution in [0.2, 0.25) is 0 Å². The fourth-order valence-electron chi connectivity index (χ4n) is 2.73. The first kappa shape index (κ1) is 15.2. The van der Waals surface area contributed by atoms with E-state index in [4.69, 9.17) is 0 Å². The van der Waals surface area contributed by atoms with Gasteiger partial charge in [0.1, 0.15) is 5.75 Å². The summed E-state index contributed by atoms with van der Waals surface area (Å²) in [6, 6.07) is 7.46. The second kappa shape index (κ2) is 7.02. The lowest BCUT2D eigenvalue weighted by Crippen LogP contribution is -2.46. The van der Waals surface area contributed by atoms with Gasteiger partial charge in [0.15, 0.2) is 0 Å². The summed E-state index contributed by atoms with van der Waals surface area (Å²) < 4.78 is 0. The number of likely N-dealkylation sites (tertiary alicyclic amines) is 1. The molecule has 3 nitrogen and oxygen atoms in total. The Bertz CT molecular complexity index is 446. The largest absolute Gasteiger partial charge is 0.508 e. The van der Waals surface area contributed by atoms with E-state index in [0.717, 1.165) is 30.7 Å². The maximum atomic E-state index is 12.6. The molecule has 0 bridgehead atoms. The predicted octanol–water partition coefficient (Wildman–Crippen LogP) is 3.66. The molecule has 1 fully saturated rings. The van der Waals surface area contributed by atoms with Crippen molar-refractivity contribution in [3.8, 4) is 5.75 Å². The normalized spacial score (nSPS) is 20.7. The highest BCUT2D eigenvalue weighted by atomic mass is 32.2. The van der Waals surface area contributed by atoms with Crippen LogP contribution in [0.15, 0.2) is 29.2 Å². The summed E-state index contributed by atoms with van der Waals surface area (Å²) >= 11 is 1.56. The molecule has 2 atom stereocenters. The Labute approximate surface area is 125 Å². The maximum Gasteiger partial charge on any atom is 0.236 e. The minimum Gasteiger partial charge on any atom is -0.508 e. The van der Waals surface area contributed by atoms with Crippen molar-refractivity contribution in [2.75, 3.05) is 6.54 Å². The molecule has 20 heavy (non-hydrogen) atoms. The van der Waals surface area contributed by atoms with Crippen LogP contribution in [0, 0.1) is 0 Å². The van der Waals surface area contributed by atoms with E-state index in [1.165, 1.54) is 6.42 Å². The number of nitrogens with zero attached hydrogens (tertiary/aromatic N) is 1. The highest BCUT2D eigenvalue weighted by molar-refractivity contribution is 8.00. The summed E-state index contributed by atoms with van der Waals surface area (Å²) in [6.07, 6.45) is 4.54. The van der Waals surface area contributed by atoms with E-state index in [0.29, 0.717) is 6.04 Å². The summed E-state index contributed by atoms with van der Waals surface area (Å²) in [5.74, 6) is 0.505. The number of carbonyl (C=O) groups is 1. The van der Waals surface area contributed by atoms with E-state index >= 15 is 0 Å². The van der Waals surface area contributed by atoms with Crippen molar-refractivity contribution in [2.24, 2.45) is 0 Å². The van der Waals surface area contributed by atoms with Crippen LogP contribution in [-0.2, 0) is 4.79 Å². The van der Waals surface area contributed by atoms with Crippen LogP contribution in [0.25, 0.3) is 0 Å². The highest BCUT2D eigenvalue weighted by Crippen LogP contribution is 2.28. The Morgan fingerprint density at radius 1 is 1.40 bits per heavy atom. The topological polar surface area (TPSA) is 40.5 Å². The first-order chi connectivity index (χ1) is 9.61. The molecule has 1 heterocycles. The molecule has 110 valence electrons. The van der Waals surface area contributed by atoms with Crippen LogP contribution in [0.5, 0.6) is 5.75 Å². The zero-order valence-corrected chi connectivity index (χ0v) is 13.0. The first-order valence-electron chi connectivity index (χ1n) is 7.38. The van der Waals surface area contributed by atoms with Gasteiger partial charge in [0.25, 0.3) is 0 Å². The molecule has 2 unspecified atom stereocenters. The van der Waals surface area contributed by atoms with Crippen molar-refractivity contribution < 1.29 is 9.90 Å². The molecule has 1 aliphatic rings. The number of hydrogen-bond acceptors (Lipinski definition) is 3. The summed E-state index contributed by atoms with van der Waals surface area (Å²) in [6.45, 7) is 5.03. The van der Waals surface area contributed by atoms with E-state index in [-0.39, 0.29) is 16.9 Å². The van der Waals surface area contributed by atoms with Crippen LogP contribution < -0.4 is 0 Å². The van der Waals surface area contributed by atoms with E-state index in [2.05, 4.69) is 11.8 Å². The van der Waals surface area contributed by atoms with Crippen LogP contribution >= 0.6 is 11.8 Å². The number of phenols is 1. The van der Waals surface area contributed by atoms with Gasteiger partial charge in [0.05, 0.1) is 5.25 Å². The fourth-order valence-corrected chi connectivity index (χ4v) is 3.67. The Morgan fingerprint density at radius 2 is 2.10 bits per heavy atom. The number of carbonyl (C=O) groups excluding carboxylic acids is 1. The van der Waals surface area contributed by atoms with Gasteiger partial charge in [0, 0.05) is 17.5 Å². The van der Waals surface area contributed by atoms with Crippen molar-refractivity contribution in [3.63, 3.8) is 0 Å². The molecule has 0 aliphatic carbocycles. The molecular formula is C16H23NO2S. The van der Waals surface area contributed by atoms with Gasteiger partial charge >= 0.3 is 0 Å². The fraction of sp³-hybridized carbons (Fsp3) is 0.562. The van der Waals surface area contributed by atoms with Crippen molar-refractivity contribution in [2.45, 2.75) is 55.7 Å². The molecule has 0 spiro atoms. The van der Waals surface area contributed by atoms with E-state index in [1.807, 2.05) is 19.1 Å². The Balaban J connectivity index is 1.98. The molecular weight excluding hydrogens is 270 g/mol. The number of hydrogen-bond donors (Lipinski definition) is 1. The molecule has 0 aromatic heterocycles. The Morgan fingerprint density at radius 3 is 2.75 bits per heavy atom. The molecule has 0 radical (unpaired) electrons. The lowest BCUT2D eigenvalue weighted by atomic mass is 10.00. The average Bonchev–Trinajstić information content (AvgIpc) is 2.48. The molecule has 0 saturated carbocycles. The van der Waals surface area contributed by atoms with Gasteiger partial charge in [-0.25, -0.2) is 0 Å². The molecule has 1 aromatic rings. The second-order valence-electron chi connectivity index (χ2n) is 5.34. The molecule has 4 heteroatoms. The first-order valence-corrected chi connectivity index (χ1v) is 8.26. The van der Waals surface area contributed by atoms with E-state index < -0.39 is 0 Å². The number of piperidine rings is 1. The average molecular weight is 293 g/mol. The standard InChI is InChI=1S/C16H23NO2S/c1-3-13-6-4-5-11-17(13)16(19)12(2)20-15-9-7-14(18)8-10-15/h7-10,12-13,18H,3-6,11H2,1-2H3. The van der Waals surface area contributed by atoms with Crippen molar-refractivity contribution in [1.29, 1.82) is 0 Å². The number of phenolic OH excluding ortho intramolecular Hbond substituents is 1. The van der Waals surface area contributed by atoms with Gasteiger partial charge in [-0.1, -0.05) is 6.92 Å². The quantitative estimate of drug-likeness (QED) is 0.861. The number of aromatic hydroxyl groups is 1. The number of rotatable bonds is 4. The summed E-state index contributed by atoms with van der Waals surface area (Å²) in [5, 5.41) is 9.21. The highest BCUT2D eigenvalue weighted by Gasteiger charge is 2.28. The van der Waals surface area contributed by atoms with E-state index in [9.17, 15) is 9.90 Å². The number of benzene rings is 1. The van der Waals surface area contributed by atoms with Crippen molar-refractivity contribution in [1.82, 2.24) is 4.90 Å².